The molecule has 0 aromatic carbocycles. The molecule has 1 heterocycles. The SMILES string of the molecule is FC(F)(F)[C@@H]1CNC(=S)[C@@H](C2CCCC2)O1. The van der Waals surface area contributed by atoms with E-state index in [2.05, 4.69) is 5.32 Å². The molecule has 1 aliphatic heterocycles. The first kappa shape index (κ1) is 12.1. The quantitative estimate of drug-likeness (QED) is 0.725. The normalized spacial score (nSPS) is 32.8. The fourth-order valence-corrected chi connectivity index (χ4v) is 2.69. The minimum Gasteiger partial charge on any atom is -0.375 e. The molecule has 0 bridgehead atoms. The highest BCUT2D eigenvalue weighted by molar-refractivity contribution is 7.80. The van der Waals surface area contributed by atoms with Gasteiger partial charge in [0.15, 0.2) is 6.10 Å². The van der Waals surface area contributed by atoms with Gasteiger partial charge in [-0.25, -0.2) is 0 Å². The summed E-state index contributed by atoms with van der Waals surface area (Å²) in [7, 11) is 0. The van der Waals surface area contributed by atoms with E-state index < -0.39 is 18.4 Å². The van der Waals surface area contributed by atoms with Crippen LogP contribution in [0, 0.1) is 5.92 Å². The molecule has 0 aromatic heterocycles. The molecule has 0 unspecified atom stereocenters. The van der Waals surface area contributed by atoms with Gasteiger partial charge in [-0.1, -0.05) is 25.1 Å². The van der Waals surface area contributed by atoms with Crippen LogP contribution in [-0.2, 0) is 4.74 Å². The average Bonchev–Trinajstić information content (AvgIpc) is 2.69. The average molecular weight is 253 g/mol. The van der Waals surface area contributed by atoms with E-state index in [1.165, 1.54) is 0 Å². The molecule has 92 valence electrons. The van der Waals surface area contributed by atoms with Gasteiger partial charge in [0.25, 0.3) is 0 Å². The van der Waals surface area contributed by atoms with E-state index in [-0.39, 0.29) is 12.5 Å². The highest BCUT2D eigenvalue weighted by Crippen LogP contribution is 2.34. The van der Waals surface area contributed by atoms with Crippen molar-refractivity contribution in [2.24, 2.45) is 5.92 Å². The largest absolute Gasteiger partial charge is 0.416 e. The highest BCUT2D eigenvalue weighted by Gasteiger charge is 2.46. The van der Waals surface area contributed by atoms with E-state index in [1.54, 1.807) is 0 Å². The third kappa shape index (κ3) is 2.48. The molecule has 1 N–H and O–H groups in total. The van der Waals surface area contributed by atoms with Crippen LogP contribution in [0.3, 0.4) is 0 Å². The number of nitrogens with one attached hydrogen (secondary N) is 1. The maximum Gasteiger partial charge on any atom is 0.416 e. The van der Waals surface area contributed by atoms with Crippen LogP contribution < -0.4 is 5.32 Å². The summed E-state index contributed by atoms with van der Waals surface area (Å²) < 4.78 is 42.7. The lowest BCUT2D eigenvalue weighted by Crippen LogP contribution is -2.55. The third-order valence-electron chi connectivity index (χ3n) is 3.22. The second-order valence-corrected chi connectivity index (χ2v) is 4.82. The van der Waals surface area contributed by atoms with Crippen molar-refractivity contribution < 1.29 is 17.9 Å². The number of rotatable bonds is 1. The molecule has 1 aliphatic carbocycles. The van der Waals surface area contributed by atoms with Crippen LogP contribution in [0.1, 0.15) is 25.7 Å². The fourth-order valence-electron chi connectivity index (χ4n) is 2.36. The van der Waals surface area contributed by atoms with Crippen LogP contribution in [0.25, 0.3) is 0 Å². The van der Waals surface area contributed by atoms with Gasteiger partial charge in [0, 0.05) is 0 Å². The fraction of sp³-hybridized carbons (Fsp3) is 0.900. The predicted molar refractivity (Wildman–Crippen MR) is 57.3 cm³/mol. The molecule has 1 saturated carbocycles. The van der Waals surface area contributed by atoms with E-state index in [1.807, 2.05) is 0 Å². The van der Waals surface area contributed by atoms with Gasteiger partial charge in [0.1, 0.15) is 11.1 Å². The number of hydrogen-bond acceptors (Lipinski definition) is 2. The first-order valence-electron chi connectivity index (χ1n) is 5.48. The van der Waals surface area contributed by atoms with Crippen LogP contribution in [0.5, 0.6) is 0 Å². The number of halogens is 3. The molecule has 2 atom stereocenters. The summed E-state index contributed by atoms with van der Waals surface area (Å²) in [5.41, 5.74) is 0. The van der Waals surface area contributed by atoms with Crippen molar-refractivity contribution in [2.45, 2.75) is 44.1 Å². The van der Waals surface area contributed by atoms with Gasteiger partial charge in [-0.2, -0.15) is 13.2 Å². The zero-order valence-electron chi connectivity index (χ0n) is 8.72. The summed E-state index contributed by atoms with van der Waals surface area (Å²) in [6.45, 7) is -0.258. The molecule has 6 heteroatoms. The Morgan fingerprint density at radius 1 is 1.25 bits per heavy atom. The second-order valence-electron chi connectivity index (χ2n) is 4.38. The Balaban J connectivity index is 2.02. The zero-order valence-corrected chi connectivity index (χ0v) is 9.53. The van der Waals surface area contributed by atoms with Gasteiger partial charge in [-0.05, 0) is 18.8 Å². The van der Waals surface area contributed by atoms with Crippen molar-refractivity contribution in [2.75, 3.05) is 6.54 Å². The van der Waals surface area contributed by atoms with Crippen molar-refractivity contribution in [1.29, 1.82) is 0 Å². The number of morpholine rings is 1. The van der Waals surface area contributed by atoms with Crippen molar-refractivity contribution in [1.82, 2.24) is 5.32 Å². The summed E-state index contributed by atoms with van der Waals surface area (Å²) in [6, 6.07) is 0. The molecule has 2 fully saturated rings. The first-order valence-corrected chi connectivity index (χ1v) is 5.89. The third-order valence-corrected chi connectivity index (χ3v) is 3.60. The van der Waals surface area contributed by atoms with Gasteiger partial charge < -0.3 is 10.1 Å². The minimum atomic E-state index is -4.31. The maximum atomic E-state index is 12.5. The van der Waals surface area contributed by atoms with E-state index in [0.717, 1.165) is 25.7 Å². The van der Waals surface area contributed by atoms with Crippen LogP contribution >= 0.6 is 12.2 Å². The summed E-state index contributed by atoms with van der Waals surface area (Å²) in [6.07, 6.45) is -2.62. The molecule has 0 radical (unpaired) electrons. The standard InChI is InChI=1S/C10H14F3NOS/c11-10(12,13)7-5-14-9(16)8(15-7)6-3-1-2-4-6/h6-8H,1-5H2,(H,14,16)/t7-,8+/m0/s1. The maximum absolute atomic E-state index is 12.5. The van der Waals surface area contributed by atoms with Crippen molar-refractivity contribution in [3.63, 3.8) is 0 Å². The summed E-state index contributed by atoms with van der Waals surface area (Å²) in [5.74, 6) is 0.158. The van der Waals surface area contributed by atoms with E-state index in [0.29, 0.717) is 4.99 Å². The summed E-state index contributed by atoms with van der Waals surface area (Å²) >= 11 is 5.04. The monoisotopic (exact) mass is 253 g/mol. The lowest BCUT2D eigenvalue weighted by Gasteiger charge is -2.35. The number of hydrogen-bond donors (Lipinski definition) is 1. The van der Waals surface area contributed by atoms with Crippen LogP contribution in [0.2, 0.25) is 0 Å². The summed E-state index contributed by atoms with van der Waals surface area (Å²) in [4.78, 5) is 0.437. The Kier molecular flexibility index (Phi) is 3.39. The Labute approximate surface area is 97.5 Å². The van der Waals surface area contributed by atoms with Gasteiger partial charge in [0.05, 0.1) is 6.54 Å². The topological polar surface area (TPSA) is 21.3 Å². The molecular weight excluding hydrogens is 239 g/mol. The molecule has 0 aromatic rings. The summed E-state index contributed by atoms with van der Waals surface area (Å²) in [5, 5.41) is 2.65. The van der Waals surface area contributed by atoms with Crippen molar-refractivity contribution in [3.8, 4) is 0 Å². The van der Waals surface area contributed by atoms with Crippen LogP contribution in [0.4, 0.5) is 13.2 Å². The molecule has 2 aliphatic rings. The predicted octanol–water partition coefficient (Wildman–Crippen LogP) is 2.42. The molecule has 1 saturated heterocycles. The molecule has 2 rings (SSSR count). The zero-order chi connectivity index (χ0) is 11.8. The smallest absolute Gasteiger partial charge is 0.375 e. The van der Waals surface area contributed by atoms with E-state index in [9.17, 15) is 13.2 Å². The number of alkyl halides is 3. The van der Waals surface area contributed by atoms with Gasteiger partial charge in [-0.15, -0.1) is 0 Å². The van der Waals surface area contributed by atoms with E-state index in [4.69, 9.17) is 17.0 Å². The van der Waals surface area contributed by atoms with E-state index >= 15 is 0 Å². The molecule has 2 nitrogen and oxygen atoms in total. The molecule has 0 spiro atoms. The lowest BCUT2D eigenvalue weighted by molar-refractivity contribution is -0.231. The Morgan fingerprint density at radius 3 is 2.44 bits per heavy atom. The molecular formula is C10H14F3NOS. The Bertz CT molecular complexity index is 276. The lowest BCUT2D eigenvalue weighted by atomic mass is 9.99. The van der Waals surface area contributed by atoms with Crippen LogP contribution in [0.15, 0.2) is 0 Å². The van der Waals surface area contributed by atoms with Crippen molar-refractivity contribution in [3.05, 3.63) is 0 Å². The Hall–Kier alpha value is -0.360. The van der Waals surface area contributed by atoms with Gasteiger partial charge >= 0.3 is 6.18 Å². The number of ether oxygens (including phenoxy) is 1. The molecule has 0 amide bonds. The molecule has 16 heavy (non-hydrogen) atoms. The number of thiocarbonyl (C=S) groups is 1. The first-order chi connectivity index (χ1) is 7.48. The minimum absolute atomic E-state index is 0.158. The van der Waals surface area contributed by atoms with Crippen molar-refractivity contribution >= 4 is 17.2 Å². The second kappa shape index (κ2) is 4.49. The Morgan fingerprint density at radius 2 is 1.88 bits per heavy atom. The van der Waals surface area contributed by atoms with Gasteiger partial charge in [0.2, 0.25) is 0 Å². The highest BCUT2D eigenvalue weighted by atomic mass is 32.1. The van der Waals surface area contributed by atoms with Gasteiger partial charge in [-0.3, -0.25) is 0 Å². The van der Waals surface area contributed by atoms with Crippen LogP contribution in [-0.4, -0.2) is 29.9 Å².